The summed E-state index contributed by atoms with van der Waals surface area (Å²) in [5, 5.41) is 0. The van der Waals surface area contributed by atoms with E-state index in [0.29, 0.717) is 6.54 Å². The van der Waals surface area contributed by atoms with Crippen LogP contribution in [0.25, 0.3) is 11.3 Å². The molecule has 2 aromatic rings. The van der Waals surface area contributed by atoms with Crippen LogP contribution in [0.2, 0.25) is 0 Å². The number of aromatic nitrogens is 1. The minimum atomic E-state index is 0.715. The molecule has 0 N–H and O–H groups in total. The Labute approximate surface area is 129 Å². The third-order valence-corrected chi connectivity index (χ3v) is 4.65. The molecule has 0 aliphatic rings. The Morgan fingerprint density at radius 2 is 2.05 bits per heavy atom. The maximum Gasteiger partial charge on any atom is 0.162 e. The topological polar surface area (TPSA) is 4.93 Å². The van der Waals surface area contributed by atoms with E-state index in [2.05, 4.69) is 48.9 Å². The summed E-state index contributed by atoms with van der Waals surface area (Å²) < 4.78 is 3.10. The SMILES string of the molecule is C=CC(=C)Cn1c(-c2ccccc2)c(CCC)sc1=S. The number of aryl methyl sites for hydroxylation is 1. The maximum absolute atomic E-state index is 5.55. The van der Waals surface area contributed by atoms with Crippen molar-refractivity contribution in [3.63, 3.8) is 0 Å². The lowest BCUT2D eigenvalue weighted by molar-refractivity contribution is 0.801. The third-order valence-electron chi connectivity index (χ3n) is 3.14. The van der Waals surface area contributed by atoms with Crippen LogP contribution >= 0.6 is 23.6 Å². The molecule has 0 aliphatic heterocycles. The lowest BCUT2D eigenvalue weighted by Gasteiger charge is -2.11. The largest absolute Gasteiger partial charge is 0.318 e. The first-order chi connectivity index (χ1) is 9.67. The van der Waals surface area contributed by atoms with Crippen LogP contribution in [0.15, 0.2) is 55.1 Å². The van der Waals surface area contributed by atoms with Crippen LogP contribution in [0.3, 0.4) is 0 Å². The average molecular weight is 301 g/mol. The van der Waals surface area contributed by atoms with Crippen LogP contribution in [-0.4, -0.2) is 4.57 Å². The number of allylic oxidation sites excluding steroid dienone is 2. The van der Waals surface area contributed by atoms with Gasteiger partial charge >= 0.3 is 0 Å². The highest BCUT2D eigenvalue weighted by atomic mass is 32.1. The summed E-state index contributed by atoms with van der Waals surface area (Å²) in [6.45, 7) is 10.7. The molecule has 1 aromatic heterocycles. The Kier molecular flexibility index (Phi) is 5.10. The van der Waals surface area contributed by atoms with E-state index in [9.17, 15) is 0 Å². The highest BCUT2D eigenvalue weighted by Gasteiger charge is 2.14. The van der Waals surface area contributed by atoms with Gasteiger partial charge < -0.3 is 4.57 Å². The molecule has 0 atom stereocenters. The van der Waals surface area contributed by atoms with Crippen LogP contribution < -0.4 is 0 Å². The van der Waals surface area contributed by atoms with Gasteiger partial charge in [0.2, 0.25) is 0 Å². The van der Waals surface area contributed by atoms with Crippen LogP contribution in [0.5, 0.6) is 0 Å². The Morgan fingerprint density at radius 1 is 1.35 bits per heavy atom. The molecule has 3 heteroatoms. The van der Waals surface area contributed by atoms with E-state index < -0.39 is 0 Å². The van der Waals surface area contributed by atoms with Crippen molar-refractivity contribution < 1.29 is 0 Å². The van der Waals surface area contributed by atoms with Crippen LogP contribution in [-0.2, 0) is 13.0 Å². The van der Waals surface area contributed by atoms with Crippen molar-refractivity contribution in [2.45, 2.75) is 26.3 Å². The van der Waals surface area contributed by atoms with Crippen molar-refractivity contribution in [1.29, 1.82) is 0 Å². The highest BCUT2D eigenvalue weighted by molar-refractivity contribution is 7.73. The van der Waals surface area contributed by atoms with Crippen molar-refractivity contribution in [2.75, 3.05) is 0 Å². The number of hydrogen-bond acceptors (Lipinski definition) is 2. The summed E-state index contributed by atoms with van der Waals surface area (Å²) in [5.74, 6) is 0. The van der Waals surface area contributed by atoms with Crippen LogP contribution in [0.4, 0.5) is 0 Å². The molecular formula is C17H19NS2. The van der Waals surface area contributed by atoms with Gasteiger partial charge in [-0.2, -0.15) is 0 Å². The zero-order valence-corrected chi connectivity index (χ0v) is 13.4. The Balaban J connectivity index is 2.58. The lowest BCUT2D eigenvalue weighted by atomic mass is 10.1. The monoisotopic (exact) mass is 301 g/mol. The number of benzene rings is 1. The quantitative estimate of drug-likeness (QED) is 0.493. The van der Waals surface area contributed by atoms with Gasteiger partial charge in [-0.1, -0.05) is 62.9 Å². The zero-order chi connectivity index (χ0) is 14.5. The van der Waals surface area contributed by atoms with E-state index in [1.54, 1.807) is 17.4 Å². The standard InChI is InChI=1S/C17H19NS2/c1-4-9-15-16(14-10-7-6-8-11-14)18(17(19)20-15)12-13(3)5-2/h5-8,10-11H,2-4,9,12H2,1H3. The first-order valence-electron chi connectivity index (χ1n) is 6.75. The summed E-state index contributed by atoms with van der Waals surface area (Å²) >= 11 is 7.26. The molecule has 0 radical (unpaired) electrons. The summed E-state index contributed by atoms with van der Waals surface area (Å²) in [7, 11) is 0. The molecule has 0 amide bonds. The van der Waals surface area contributed by atoms with Gasteiger partial charge in [0.1, 0.15) is 0 Å². The molecule has 0 spiro atoms. The van der Waals surface area contributed by atoms with Gasteiger partial charge in [0.05, 0.1) is 5.69 Å². The first-order valence-corrected chi connectivity index (χ1v) is 7.98. The molecule has 20 heavy (non-hydrogen) atoms. The van der Waals surface area contributed by atoms with Crippen LogP contribution in [0, 0.1) is 3.95 Å². The van der Waals surface area contributed by atoms with Gasteiger partial charge in [0.15, 0.2) is 3.95 Å². The minimum absolute atomic E-state index is 0.715. The fourth-order valence-electron chi connectivity index (χ4n) is 2.17. The molecule has 0 aliphatic carbocycles. The molecule has 104 valence electrons. The average Bonchev–Trinajstić information content (AvgIpc) is 2.76. The molecule has 1 aromatic carbocycles. The van der Waals surface area contributed by atoms with Gasteiger partial charge in [0, 0.05) is 11.4 Å². The van der Waals surface area contributed by atoms with Crippen molar-refractivity contribution in [1.82, 2.24) is 4.57 Å². The molecule has 0 fully saturated rings. The van der Waals surface area contributed by atoms with E-state index in [0.717, 1.165) is 22.4 Å². The van der Waals surface area contributed by atoms with Gasteiger partial charge in [-0.05, 0) is 29.8 Å². The summed E-state index contributed by atoms with van der Waals surface area (Å²) in [6, 6.07) is 10.5. The van der Waals surface area contributed by atoms with Crippen molar-refractivity contribution in [3.8, 4) is 11.3 Å². The lowest BCUT2D eigenvalue weighted by Crippen LogP contribution is -2.02. The minimum Gasteiger partial charge on any atom is -0.318 e. The van der Waals surface area contributed by atoms with Gasteiger partial charge in [-0.3, -0.25) is 0 Å². The van der Waals surface area contributed by atoms with Gasteiger partial charge in [-0.15, -0.1) is 11.3 Å². The predicted octanol–water partition coefficient (Wildman–Crippen LogP) is 5.64. The fourth-order valence-corrected chi connectivity index (χ4v) is 3.74. The molecule has 2 rings (SSSR count). The fraction of sp³-hybridized carbons (Fsp3) is 0.235. The number of hydrogen-bond donors (Lipinski definition) is 0. The van der Waals surface area contributed by atoms with Crippen molar-refractivity contribution in [3.05, 3.63) is 64.0 Å². The summed E-state index contributed by atoms with van der Waals surface area (Å²) in [6.07, 6.45) is 3.98. The second-order valence-corrected chi connectivity index (χ2v) is 6.43. The molecule has 1 nitrogen and oxygen atoms in total. The molecule has 0 bridgehead atoms. The highest BCUT2D eigenvalue weighted by Crippen LogP contribution is 2.31. The second kappa shape index (κ2) is 6.82. The van der Waals surface area contributed by atoms with Crippen molar-refractivity contribution >= 4 is 23.6 Å². The summed E-state index contributed by atoms with van der Waals surface area (Å²) in [5.41, 5.74) is 3.45. The Hall–Kier alpha value is -1.45. The maximum atomic E-state index is 5.55. The van der Waals surface area contributed by atoms with E-state index in [1.165, 1.54) is 16.1 Å². The molecular weight excluding hydrogens is 282 g/mol. The van der Waals surface area contributed by atoms with Gasteiger partial charge in [-0.25, -0.2) is 0 Å². The predicted molar refractivity (Wildman–Crippen MR) is 91.9 cm³/mol. The normalized spacial score (nSPS) is 10.4. The number of thiazole rings is 1. The number of rotatable bonds is 6. The van der Waals surface area contributed by atoms with Crippen molar-refractivity contribution in [2.24, 2.45) is 0 Å². The molecule has 0 saturated carbocycles. The molecule has 1 heterocycles. The zero-order valence-electron chi connectivity index (χ0n) is 11.8. The van der Waals surface area contributed by atoms with E-state index in [1.807, 2.05) is 6.07 Å². The van der Waals surface area contributed by atoms with E-state index in [4.69, 9.17) is 12.2 Å². The van der Waals surface area contributed by atoms with E-state index >= 15 is 0 Å². The third kappa shape index (κ3) is 3.17. The smallest absolute Gasteiger partial charge is 0.162 e. The van der Waals surface area contributed by atoms with E-state index in [-0.39, 0.29) is 0 Å². The Morgan fingerprint density at radius 3 is 2.65 bits per heavy atom. The second-order valence-electron chi connectivity index (χ2n) is 4.70. The summed E-state index contributed by atoms with van der Waals surface area (Å²) in [4.78, 5) is 1.36. The first kappa shape index (κ1) is 14.9. The molecule has 0 saturated heterocycles. The Bertz CT molecular complexity index is 662. The number of nitrogens with zero attached hydrogens (tertiary/aromatic N) is 1. The molecule has 0 unspecified atom stereocenters. The van der Waals surface area contributed by atoms with Crippen LogP contribution in [0.1, 0.15) is 18.2 Å². The van der Waals surface area contributed by atoms with Gasteiger partial charge in [0.25, 0.3) is 0 Å².